The fraction of sp³-hybridized carbons (Fsp3) is 0.0714. The van der Waals surface area contributed by atoms with Crippen molar-refractivity contribution in [2.24, 2.45) is 0 Å². The van der Waals surface area contributed by atoms with Crippen molar-refractivity contribution < 1.29 is 19.0 Å². The molecule has 4 nitrogen and oxygen atoms in total. The molecule has 0 saturated carbocycles. The van der Waals surface area contributed by atoms with Crippen LogP contribution in [0.25, 0.3) is 0 Å². The molecule has 0 heterocycles. The van der Waals surface area contributed by atoms with Crippen LogP contribution in [0.4, 0.5) is 10.1 Å². The lowest BCUT2D eigenvalue weighted by molar-refractivity contribution is 0.0692. The third-order valence-corrected chi connectivity index (χ3v) is 2.58. The number of carboxylic acid groups (broad SMARTS) is 1. The van der Waals surface area contributed by atoms with Gasteiger partial charge in [-0.3, -0.25) is 0 Å². The van der Waals surface area contributed by atoms with Crippen molar-refractivity contribution in [2.75, 3.05) is 5.73 Å². The molecule has 98 valence electrons. The predicted molar refractivity (Wildman–Crippen MR) is 68.5 cm³/mol. The highest BCUT2D eigenvalue weighted by Crippen LogP contribution is 2.23. The van der Waals surface area contributed by atoms with E-state index < -0.39 is 11.8 Å². The SMILES string of the molecule is Nc1ccc(C(=O)O)c(OCc2ccccc2F)c1. The Morgan fingerprint density at radius 2 is 2.00 bits per heavy atom. The molecule has 2 aromatic rings. The maximum Gasteiger partial charge on any atom is 0.339 e. The summed E-state index contributed by atoms with van der Waals surface area (Å²) >= 11 is 0. The second-order valence-electron chi connectivity index (χ2n) is 3.94. The second-order valence-corrected chi connectivity index (χ2v) is 3.94. The van der Waals surface area contributed by atoms with Crippen LogP contribution < -0.4 is 10.5 Å². The fourth-order valence-corrected chi connectivity index (χ4v) is 1.61. The van der Waals surface area contributed by atoms with Crippen LogP contribution in [-0.2, 0) is 6.61 Å². The normalized spacial score (nSPS) is 10.2. The minimum atomic E-state index is -1.12. The first-order valence-corrected chi connectivity index (χ1v) is 5.57. The predicted octanol–water partition coefficient (Wildman–Crippen LogP) is 2.69. The molecule has 0 unspecified atom stereocenters. The number of carbonyl (C=O) groups is 1. The summed E-state index contributed by atoms with van der Waals surface area (Å²) in [5, 5.41) is 9.01. The molecule has 19 heavy (non-hydrogen) atoms. The lowest BCUT2D eigenvalue weighted by Gasteiger charge is -2.10. The van der Waals surface area contributed by atoms with Gasteiger partial charge in [-0.25, -0.2) is 9.18 Å². The maximum absolute atomic E-state index is 13.4. The van der Waals surface area contributed by atoms with Gasteiger partial charge in [-0.2, -0.15) is 0 Å². The Morgan fingerprint density at radius 1 is 1.26 bits per heavy atom. The van der Waals surface area contributed by atoms with Gasteiger partial charge < -0.3 is 15.6 Å². The van der Waals surface area contributed by atoms with E-state index in [0.717, 1.165) is 0 Å². The van der Waals surface area contributed by atoms with Crippen molar-refractivity contribution in [1.82, 2.24) is 0 Å². The highest BCUT2D eigenvalue weighted by atomic mass is 19.1. The zero-order chi connectivity index (χ0) is 13.8. The number of hydrogen-bond acceptors (Lipinski definition) is 3. The standard InChI is InChI=1S/C14H12FNO3/c15-12-4-2-1-3-9(12)8-19-13-7-10(16)5-6-11(13)14(17)18/h1-7H,8,16H2,(H,17,18). The number of nitrogens with two attached hydrogens (primary N) is 1. The molecule has 0 aliphatic rings. The number of benzene rings is 2. The molecule has 0 amide bonds. The van der Waals surface area contributed by atoms with E-state index >= 15 is 0 Å². The van der Waals surface area contributed by atoms with E-state index in [0.29, 0.717) is 11.3 Å². The molecule has 5 heteroatoms. The Morgan fingerprint density at radius 3 is 2.68 bits per heavy atom. The van der Waals surface area contributed by atoms with Gasteiger partial charge >= 0.3 is 5.97 Å². The second kappa shape index (κ2) is 5.39. The third kappa shape index (κ3) is 3.01. The van der Waals surface area contributed by atoms with Crippen LogP contribution in [0.1, 0.15) is 15.9 Å². The largest absolute Gasteiger partial charge is 0.488 e. The van der Waals surface area contributed by atoms with Crippen LogP contribution in [0.2, 0.25) is 0 Å². The number of nitrogen functional groups attached to an aromatic ring is 1. The van der Waals surface area contributed by atoms with Crippen LogP contribution in [0.15, 0.2) is 42.5 Å². The van der Waals surface area contributed by atoms with Crippen molar-refractivity contribution in [2.45, 2.75) is 6.61 Å². The van der Waals surface area contributed by atoms with Gasteiger partial charge in [0.25, 0.3) is 0 Å². The van der Waals surface area contributed by atoms with Gasteiger partial charge in [0.15, 0.2) is 0 Å². The highest BCUT2D eigenvalue weighted by Gasteiger charge is 2.12. The molecule has 0 bridgehead atoms. The molecular weight excluding hydrogens is 249 g/mol. The highest BCUT2D eigenvalue weighted by molar-refractivity contribution is 5.91. The van der Waals surface area contributed by atoms with E-state index in [1.165, 1.54) is 24.3 Å². The van der Waals surface area contributed by atoms with Crippen LogP contribution in [0, 0.1) is 5.82 Å². The van der Waals surface area contributed by atoms with E-state index in [1.54, 1.807) is 18.2 Å². The molecule has 0 aliphatic heterocycles. The Balaban J connectivity index is 2.22. The van der Waals surface area contributed by atoms with Gasteiger partial charge in [0.05, 0.1) is 0 Å². The quantitative estimate of drug-likeness (QED) is 0.830. The van der Waals surface area contributed by atoms with Crippen molar-refractivity contribution in [1.29, 1.82) is 0 Å². The summed E-state index contributed by atoms with van der Waals surface area (Å²) in [5.74, 6) is -1.40. The molecule has 3 N–H and O–H groups in total. The summed E-state index contributed by atoms with van der Waals surface area (Å²) in [4.78, 5) is 11.0. The Hall–Kier alpha value is -2.56. The Labute approximate surface area is 109 Å². The first-order chi connectivity index (χ1) is 9.08. The summed E-state index contributed by atoms with van der Waals surface area (Å²) in [6.45, 7) is -0.0591. The van der Waals surface area contributed by atoms with E-state index in [2.05, 4.69) is 0 Å². The number of hydrogen-bond donors (Lipinski definition) is 2. The summed E-state index contributed by atoms with van der Waals surface area (Å²) in [5.41, 5.74) is 6.30. The third-order valence-electron chi connectivity index (χ3n) is 2.58. The molecular formula is C14H12FNO3. The number of halogens is 1. The van der Waals surface area contributed by atoms with Gasteiger partial charge in [-0.1, -0.05) is 18.2 Å². The van der Waals surface area contributed by atoms with Crippen molar-refractivity contribution in [3.63, 3.8) is 0 Å². The van der Waals surface area contributed by atoms with Gasteiger partial charge in [-0.15, -0.1) is 0 Å². The van der Waals surface area contributed by atoms with Gasteiger partial charge in [0, 0.05) is 17.3 Å². The summed E-state index contributed by atoms with van der Waals surface area (Å²) in [6, 6.07) is 10.4. The number of aromatic carboxylic acids is 1. The topological polar surface area (TPSA) is 72.6 Å². The molecule has 0 atom stereocenters. The van der Waals surface area contributed by atoms with Crippen LogP contribution in [-0.4, -0.2) is 11.1 Å². The van der Waals surface area contributed by atoms with E-state index in [1.807, 2.05) is 0 Å². The van der Waals surface area contributed by atoms with E-state index in [9.17, 15) is 9.18 Å². The van der Waals surface area contributed by atoms with Crippen molar-refractivity contribution >= 4 is 11.7 Å². The molecule has 0 spiro atoms. The van der Waals surface area contributed by atoms with Crippen LogP contribution >= 0.6 is 0 Å². The first kappa shape index (κ1) is 12.9. The number of ether oxygens (including phenoxy) is 1. The Bertz CT molecular complexity index is 613. The number of rotatable bonds is 4. The Kier molecular flexibility index (Phi) is 3.66. The van der Waals surface area contributed by atoms with Crippen molar-refractivity contribution in [3.8, 4) is 5.75 Å². The molecule has 0 fully saturated rings. The molecule has 0 aromatic heterocycles. The van der Waals surface area contributed by atoms with Gasteiger partial charge in [0.2, 0.25) is 0 Å². The number of carboxylic acids is 1. The fourth-order valence-electron chi connectivity index (χ4n) is 1.61. The summed E-state index contributed by atoms with van der Waals surface area (Å²) < 4.78 is 18.8. The zero-order valence-corrected chi connectivity index (χ0v) is 9.97. The number of anilines is 1. The van der Waals surface area contributed by atoms with Crippen LogP contribution in [0.3, 0.4) is 0 Å². The van der Waals surface area contributed by atoms with E-state index in [-0.39, 0.29) is 17.9 Å². The first-order valence-electron chi connectivity index (χ1n) is 5.57. The minimum Gasteiger partial charge on any atom is -0.488 e. The van der Waals surface area contributed by atoms with Crippen molar-refractivity contribution in [3.05, 3.63) is 59.4 Å². The van der Waals surface area contributed by atoms with E-state index in [4.69, 9.17) is 15.6 Å². The molecule has 2 rings (SSSR count). The maximum atomic E-state index is 13.4. The molecule has 0 saturated heterocycles. The van der Waals surface area contributed by atoms with Gasteiger partial charge in [0.1, 0.15) is 23.7 Å². The average molecular weight is 261 g/mol. The smallest absolute Gasteiger partial charge is 0.339 e. The lowest BCUT2D eigenvalue weighted by Crippen LogP contribution is -2.05. The summed E-state index contributed by atoms with van der Waals surface area (Å²) in [7, 11) is 0. The van der Waals surface area contributed by atoms with Gasteiger partial charge in [-0.05, 0) is 18.2 Å². The van der Waals surface area contributed by atoms with Crippen LogP contribution in [0.5, 0.6) is 5.75 Å². The molecule has 2 aromatic carbocycles. The minimum absolute atomic E-state index is 0.00876. The average Bonchev–Trinajstić information content (AvgIpc) is 2.37. The summed E-state index contributed by atoms with van der Waals surface area (Å²) in [6.07, 6.45) is 0. The molecule has 0 aliphatic carbocycles. The molecule has 0 radical (unpaired) electrons. The lowest BCUT2D eigenvalue weighted by atomic mass is 10.2. The zero-order valence-electron chi connectivity index (χ0n) is 9.97. The monoisotopic (exact) mass is 261 g/mol.